The summed E-state index contributed by atoms with van der Waals surface area (Å²) in [5.41, 5.74) is 0.475. The number of amides is 1. The fourth-order valence-corrected chi connectivity index (χ4v) is 2.69. The van der Waals surface area contributed by atoms with Crippen LogP contribution in [0.3, 0.4) is 0 Å². The van der Waals surface area contributed by atoms with Gasteiger partial charge in [0.1, 0.15) is 5.69 Å². The van der Waals surface area contributed by atoms with Crippen LogP contribution in [-0.4, -0.2) is 32.8 Å². The van der Waals surface area contributed by atoms with E-state index < -0.39 is 0 Å². The van der Waals surface area contributed by atoms with Gasteiger partial charge in [0.05, 0.1) is 6.04 Å². The van der Waals surface area contributed by atoms with Gasteiger partial charge in [0, 0.05) is 25.2 Å². The molecule has 0 bridgehead atoms. The Morgan fingerprint density at radius 3 is 2.63 bits per heavy atom. The van der Waals surface area contributed by atoms with E-state index in [1.54, 1.807) is 4.68 Å². The largest absolute Gasteiger partial charge is 0.333 e. The second kappa shape index (κ2) is 5.23. The third-order valence-electron chi connectivity index (χ3n) is 3.73. The maximum Gasteiger partial charge on any atom is 0.272 e. The summed E-state index contributed by atoms with van der Waals surface area (Å²) in [7, 11) is 0. The third kappa shape index (κ3) is 2.33. The number of aromatic nitrogens is 2. The van der Waals surface area contributed by atoms with Crippen LogP contribution < -0.4 is 5.56 Å². The molecule has 5 nitrogen and oxygen atoms in total. The van der Waals surface area contributed by atoms with E-state index in [2.05, 4.69) is 13.8 Å². The Labute approximate surface area is 113 Å². The molecule has 1 unspecified atom stereocenters. The van der Waals surface area contributed by atoms with Crippen molar-refractivity contribution >= 4 is 5.91 Å². The number of hydrogen-bond acceptors (Lipinski definition) is 2. The summed E-state index contributed by atoms with van der Waals surface area (Å²) in [5.74, 6) is -0.0274. The van der Waals surface area contributed by atoms with Crippen LogP contribution >= 0.6 is 0 Å². The van der Waals surface area contributed by atoms with Crippen molar-refractivity contribution in [2.75, 3.05) is 6.54 Å². The maximum atomic E-state index is 12.4. The first-order chi connectivity index (χ1) is 8.97. The van der Waals surface area contributed by atoms with E-state index in [9.17, 15) is 9.59 Å². The highest BCUT2D eigenvalue weighted by molar-refractivity contribution is 5.93. The van der Waals surface area contributed by atoms with Gasteiger partial charge in [0.2, 0.25) is 0 Å². The van der Waals surface area contributed by atoms with E-state index in [1.165, 1.54) is 6.07 Å². The van der Waals surface area contributed by atoms with Crippen LogP contribution in [0.25, 0.3) is 0 Å². The van der Waals surface area contributed by atoms with Gasteiger partial charge in [-0.2, -0.15) is 0 Å². The highest BCUT2D eigenvalue weighted by atomic mass is 16.2. The molecule has 0 saturated heterocycles. The minimum atomic E-state index is -0.0609. The van der Waals surface area contributed by atoms with Gasteiger partial charge in [0.25, 0.3) is 11.5 Å². The van der Waals surface area contributed by atoms with Crippen molar-refractivity contribution in [1.29, 1.82) is 0 Å². The van der Waals surface area contributed by atoms with Crippen LogP contribution in [0.2, 0.25) is 0 Å². The lowest BCUT2D eigenvalue weighted by Gasteiger charge is -2.36. The van der Waals surface area contributed by atoms with Crippen molar-refractivity contribution in [1.82, 2.24) is 14.3 Å². The quantitative estimate of drug-likeness (QED) is 0.834. The lowest BCUT2D eigenvalue weighted by molar-refractivity contribution is 0.0589. The Morgan fingerprint density at radius 2 is 2.05 bits per heavy atom. The zero-order chi connectivity index (χ0) is 14.2. The molecule has 19 heavy (non-hydrogen) atoms. The Hall–Kier alpha value is -1.52. The van der Waals surface area contributed by atoms with Gasteiger partial charge < -0.3 is 4.90 Å². The van der Waals surface area contributed by atoms with Crippen molar-refractivity contribution in [3.63, 3.8) is 0 Å². The summed E-state index contributed by atoms with van der Waals surface area (Å²) < 4.78 is 3.61. The lowest BCUT2D eigenvalue weighted by Crippen LogP contribution is -2.47. The van der Waals surface area contributed by atoms with E-state index in [0.29, 0.717) is 18.8 Å². The molecule has 1 aromatic heterocycles. The Bertz CT molecular complexity index is 527. The monoisotopic (exact) mass is 265 g/mol. The van der Waals surface area contributed by atoms with Gasteiger partial charge in [0.15, 0.2) is 0 Å². The molecule has 2 heterocycles. The van der Waals surface area contributed by atoms with Gasteiger partial charge in [-0.15, -0.1) is 0 Å². The SMILES string of the molecule is CCCCn1c(=O)cc2n1C(C)CN(C(C)C)C2=O. The average Bonchev–Trinajstić information content (AvgIpc) is 2.68. The second-order valence-electron chi connectivity index (χ2n) is 5.59. The molecule has 5 heteroatoms. The number of fused-ring (bicyclic) bond motifs is 1. The molecule has 0 saturated carbocycles. The summed E-state index contributed by atoms with van der Waals surface area (Å²) in [6, 6.07) is 1.80. The molecule has 106 valence electrons. The van der Waals surface area contributed by atoms with Gasteiger partial charge >= 0.3 is 0 Å². The van der Waals surface area contributed by atoms with Crippen molar-refractivity contribution in [2.24, 2.45) is 0 Å². The Kier molecular flexibility index (Phi) is 3.83. The molecule has 0 spiro atoms. The number of carbonyl (C=O) groups excluding carboxylic acids is 1. The normalized spacial score (nSPS) is 19.1. The van der Waals surface area contributed by atoms with Crippen LogP contribution in [0.5, 0.6) is 0 Å². The Morgan fingerprint density at radius 1 is 1.37 bits per heavy atom. The van der Waals surface area contributed by atoms with Crippen LogP contribution in [0, 0.1) is 0 Å². The van der Waals surface area contributed by atoms with Crippen molar-refractivity contribution in [3.05, 3.63) is 22.1 Å². The summed E-state index contributed by atoms with van der Waals surface area (Å²) in [5, 5.41) is 0. The number of nitrogens with zero attached hydrogens (tertiary/aromatic N) is 3. The van der Waals surface area contributed by atoms with Crippen LogP contribution in [-0.2, 0) is 6.54 Å². The fraction of sp³-hybridized carbons (Fsp3) is 0.714. The molecule has 0 N–H and O–H groups in total. The molecular weight excluding hydrogens is 242 g/mol. The van der Waals surface area contributed by atoms with Crippen LogP contribution in [0.4, 0.5) is 0 Å². The van der Waals surface area contributed by atoms with E-state index in [0.717, 1.165) is 12.8 Å². The smallest absolute Gasteiger partial charge is 0.272 e. The summed E-state index contributed by atoms with van der Waals surface area (Å²) in [6.45, 7) is 9.53. The third-order valence-corrected chi connectivity index (χ3v) is 3.73. The highest BCUT2D eigenvalue weighted by Gasteiger charge is 2.32. The number of unbranched alkanes of at least 4 members (excludes halogenated alkanes) is 1. The minimum Gasteiger partial charge on any atom is -0.333 e. The molecule has 1 atom stereocenters. The predicted molar refractivity (Wildman–Crippen MR) is 74.5 cm³/mol. The second-order valence-corrected chi connectivity index (χ2v) is 5.59. The molecule has 0 fully saturated rings. The molecule has 1 aliphatic heterocycles. The van der Waals surface area contributed by atoms with Crippen molar-refractivity contribution in [3.8, 4) is 0 Å². The maximum absolute atomic E-state index is 12.4. The van der Waals surface area contributed by atoms with E-state index in [4.69, 9.17) is 0 Å². The molecule has 1 aliphatic rings. The lowest BCUT2D eigenvalue weighted by atomic mass is 10.1. The molecule has 0 aromatic carbocycles. The summed E-state index contributed by atoms with van der Waals surface area (Å²) >= 11 is 0. The fourth-order valence-electron chi connectivity index (χ4n) is 2.69. The van der Waals surface area contributed by atoms with Crippen LogP contribution in [0.15, 0.2) is 10.9 Å². The molecule has 0 aliphatic carbocycles. The summed E-state index contributed by atoms with van der Waals surface area (Å²) in [4.78, 5) is 26.3. The van der Waals surface area contributed by atoms with Crippen molar-refractivity contribution in [2.45, 2.75) is 59.2 Å². The van der Waals surface area contributed by atoms with Gasteiger partial charge in [-0.3, -0.25) is 14.3 Å². The number of rotatable bonds is 4. The minimum absolute atomic E-state index is 0.0274. The van der Waals surface area contributed by atoms with Gasteiger partial charge in [-0.1, -0.05) is 13.3 Å². The van der Waals surface area contributed by atoms with Gasteiger partial charge in [-0.05, 0) is 27.2 Å². The average molecular weight is 265 g/mol. The molecule has 2 rings (SSSR count). The molecular formula is C14H23N3O2. The Balaban J connectivity index is 2.44. The summed E-state index contributed by atoms with van der Waals surface area (Å²) in [6.07, 6.45) is 1.99. The zero-order valence-corrected chi connectivity index (χ0v) is 12.2. The number of carbonyl (C=O) groups is 1. The number of hydrogen-bond donors (Lipinski definition) is 0. The van der Waals surface area contributed by atoms with E-state index >= 15 is 0 Å². The molecule has 1 amide bonds. The zero-order valence-electron chi connectivity index (χ0n) is 12.2. The van der Waals surface area contributed by atoms with E-state index in [-0.39, 0.29) is 23.6 Å². The van der Waals surface area contributed by atoms with Crippen LogP contribution in [0.1, 0.15) is 57.1 Å². The highest BCUT2D eigenvalue weighted by Crippen LogP contribution is 2.22. The first-order valence-electron chi connectivity index (χ1n) is 7.10. The molecule has 1 aromatic rings. The van der Waals surface area contributed by atoms with Gasteiger partial charge in [-0.25, -0.2) is 4.68 Å². The predicted octanol–water partition coefficient (Wildman–Crippen LogP) is 1.88. The standard InChI is InChI=1S/C14H23N3O2/c1-5-6-7-16-13(18)8-12-14(19)15(10(2)3)9-11(4)17(12)16/h8,10-11H,5-7,9H2,1-4H3. The molecule has 0 radical (unpaired) electrons. The van der Waals surface area contributed by atoms with E-state index in [1.807, 2.05) is 23.4 Å². The first-order valence-corrected chi connectivity index (χ1v) is 7.10. The first kappa shape index (κ1) is 13.9. The topological polar surface area (TPSA) is 47.2 Å². The van der Waals surface area contributed by atoms with Crippen molar-refractivity contribution < 1.29 is 4.79 Å².